The van der Waals surface area contributed by atoms with Gasteiger partial charge in [0.2, 0.25) is 0 Å². The van der Waals surface area contributed by atoms with E-state index < -0.39 is 0 Å². The molecule has 0 radical (unpaired) electrons. The average Bonchev–Trinajstić information content (AvgIpc) is 2.91. The molecule has 0 aliphatic heterocycles. The predicted octanol–water partition coefficient (Wildman–Crippen LogP) is 2.99. The summed E-state index contributed by atoms with van der Waals surface area (Å²) in [5, 5.41) is 7.91. The van der Waals surface area contributed by atoms with E-state index in [0.717, 1.165) is 18.0 Å². The number of benzene rings is 1. The van der Waals surface area contributed by atoms with Gasteiger partial charge in [0.25, 0.3) is 0 Å². The van der Waals surface area contributed by atoms with Gasteiger partial charge in [-0.15, -0.1) is 0 Å². The number of ether oxygens (including phenoxy) is 1. The number of nitrogens with zero attached hydrogens (tertiary/aromatic N) is 2. The molecule has 1 heterocycles. The van der Waals surface area contributed by atoms with Crippen molar-refractivity contribution in [3.63, 3.8) is 0 Å². The minimum absolute atomic E-state index is 0.470. The maximum atomic E-state index is 5.89. The Morgan fingerprint density at radius 2 is 2.29 bits per heavy atom. The van der Waals surface area contributed by atoms with Crippen LogP contribution in [0, 0.1) is 0 Å². The van der Waals surface area contributed by atoms with Gasteiger partial charge in [-0.05, 0) is 55.1 Å². The first kappa shape index (κ1) is 14.1. The van der Waals surface area contributed by atoms with E-state index in [1.165, 1.54) is 30.4 Å². The molecule has 21 heavy (non-hydrogen) atoms. The van der Waals surface area contributed by atoms with Gasteiger partial charge in [0, 0.05) is 19.3 Å². The lowest BCUT2D eigenvalue weighted by atomic mass is 9.87. The monoisotopic (exact) mass is 285 g/mol. The molecule has 0 spiro atoms. The van der Waals surface area contributed by atoms with Crippen LogP contribution in [0.5, 0.6) is 5.75 Å². The lowest BCUT2D eigenvalue weighted by Crippen LogP contribution is -2.24. The Bertz CT molecular complexity index is 606. The van der Waals surface area contributed by atoms with Crippen molar-refractivity contribution >= 4 is 0 Å². The maximum absolute atomic E-state index is 5.89. The molecule has 1 aromatic carbocycles. The molecule has 4 heteroatoms. The zero-order valence-electron chi connectivity index (χ0n) is 12.8. The van der Waals surface area contributed by atoms with E-state index in [1.807, 2.05) is 19.3 Å². The first-order chi connectivity index (χ1) is 10.3. The molecule has 1 unspecified atom stereocenters. The largest absolute Gasteiger partial charge is 0.487 e. The number of aryl methyl sites for hydroxylation is 2. The molecule has 0 amide bonds. The van der Waals surface area contributed by atoms with Crippen molar-refractivity contribution < 1.29 is 4.74 Å². The Labute approximate surface area is 126 Å². The molecular weight excluding hydrogens is 262 g/mol. The van der Waals surface area contributed by atoms with Crippen LogP contribution in [0.2, 0.25) is 0 Å². The minimum Gasteiger partial charge on any atom is -0.487 e. The standard InChI is InChI=1S/C17H23N3O/c1-3-18-17-6-4-5-13-7-8-15(11-16(13)17)21-12-14-9-10-20(2)19-14/h7-11,17-18H,3-6,12H2,1-2H3. The second-order valence-corrected chi connectivity index (χ2v) is 5.63. The summed E-state index contributed by atoms with van der Waals surface area (Å²) >= 11 is 0. The number of rotatable bonds is 5. The Morgan fingerprint density at radius 1 is 1.38 bits per heavy atom. The van der Waals surface area contributed by atoms with Gasteiger partial charge >= 0.3 is 0 Å². The third-order valence-corrected chi connectivity index (χ3v) is 4.04. The number of aromatic nitrogens is 2. The van der Waals surface area contributed by atoms with Gasteiger partial charge in [-0.3, -0.25) is 4.68 Å². The van der Waals surface area contributed by atoms with Crippen LogP contribution in [0.1, 0.15) is 42.6 Å². The van der Waals surface area contributed by atoms with Crippen LogP contribution in [0.3, 0.4) is 0 Å². The Morgan fingerprint density at radius 3 is 3.05 bits per heavy atom. The van der Waals surface area contributed by atoms with Crippen LogP contribution in [0.4, 0.5) is 0 Å². The molecule has 0 saturated carbocycles. The molecule has 0 fully saturated rings. The van der Waals surface area contributed by atoms with E-state index in [1.54, 1.807) is 4.68 Å². The maximum Gasteiger partial charge on any atom is 0.132 e. The molecule has 0 bridgehead atoms. The van der Waals surface area contributed by atoms with Crippen LogP contribution in [0.15, 0.2) is 30.5 Å². The molecule has 2 aromatic rings. The summed E-state index contributed by atoms with van der Waals surface area (Å²) in [6.45, 7) is 3.68. The third-order valence-electron chi connectivity index (χ3n) is 4.04. The van der Waals surface area contributed by atoms with Crippen molar-refractivity contribution in [2.45, 2.75) is 38.8 Å². The highest BCUT2D eigenvalue weighted by atomic mass is 16.5. The summed E-state index contributed by atoms with van der Waals surface area (Å²) in [6.07, 6.45) is 5.59. The van der Waals surface area contributed by atoms with Gasteiger partial charge in [-0.1, -0.05) is 13.0 Å². The molecule has 1 N–H and O–H groups in total. The van der Waals surface area contributed by atoms with E-state index in [-0.39, 0.29) is 0 Å². The van der Waals surface area contributed by atoms with E-state index in [9.17, 15) is 0 Å². The molecule has 112 valence electrons. The Hall–Kier alpha value is -1.81. The molecule has 1 atom stereocenters. The topological polar surface area (TPSA) is 39.1 Å². The van der Waals surface area contributed by atoms with Gasteiger partial charge in [-0.2, -0.15) is 5.10 Å². The SMILES string of the molecule is CCNC1CCCc2ccc(OCc3ccn(C)n3)cc21. The first-order valence-electron chi connectivity index (χ1n) is 7.74. The number of hydrogen-bond donors (Lipinski definition) is 1. The fraction of sp³-hybridized carbons (Fsp3) is 0.471. The van der Waals surface area contributed by atoms with Gasteiger partial charge in [-0.25, -0.2) is 0 Å². The van der Waals surface area contributed by atoms with Crippen molar-refractivity contribution in [1.29, 1.82) is 0 Å². The van der Waals surface area contributed by atoms with Crippen LogP contribution in [-0.4, -0.2) is 16.3 Å². The fourth-order valence-corrected chi connectivity index (χ4v) is 3.02. The molecule has 4 nitrogen and oxygen atoms in total. The van der Waals surface area contributed by atoms with Crippen LogP contribution >= 0.6 is 0 Å². The molecule has 3 rings (SSSR count). The summed E-state index contributed by atoms with van der Waals surface area (Å²) in [5.74, 6) is 0.934. The van der Waals surface area contributed by atoms with Crippen LogP contribution < -0.4 is 10.1 Å². The average molecular weight is 285 g/mol. The lowest BCUT2D eigenvalue weighted by Gasteiger charge is -2.26. The van der Waals surface area contributed by atoms with Crippen molar-refractivity contribution in [3.8, 4) is 5.75 Å². The highest BCUT2D eigenvalue weighted by Crippen LogP contribution is 2.32. The summed E-state index contributed by atoms with van der Waals surface area (Å²) < 4.78 is 7.69. The Balaban J connectivity index is 1.73. The van der Waals surface area contributed by atoms with Crippen LogP contribution in [0.25, 0.3) is 0 Å². The second kappa shape index (κ2) is 6.31. The summed E-state index contributed by atoms with van der Waals surface area (Å²) in [5.41, 5.74) is 3.82. The van der Waals surface area contributed by atoms with Gasteiger partial charge in [0.15, 0.2) is 0 Å². The van der Waals surface area contributed by atoms with E-state index >= 15 is 0 Å². The van der Waals surface area contributed by atoms with Crippen LogP contribution in [-0.2, 0) is 20.1 Å². The van der Waals surface area contributed by atoms with Crippen molar-refractivity contribution in [2.75, 3.05) is 6.54 Å². The van der Waals surface area contributed by atoms with E-state index in [0.29, 0.717) is 12.6 Å². The van der Waals surface area contributed by atoms with Gasteiger partial charge in [0.05, 0.1) is 5.69 Å². The minimum atomic E-state index is 0.470. The van der Waals surface area contributed by atoms with Gasteiger partial charge in [0.1, 0.15) is 12.4 Å². The van der Waals surface area contributed by atoms with Crippen molar-refractivity contribution in [2.24, 2.45) is 7.05 Å². The molecular formula is C17H23N3O. The Kier molecular flexibility index (Phi) is 4.25. The highest BCUT2D eigenvalue weighted by molar-refractivity contribution is 5.39. The molecule has 1 aliphatic rings. The highest BCUT2D eigenvalue weighted by Gasteiger charge is 2.19. The third kappa shape index (κ3) is 3.27. The molecule has 0 saturated heterocycles. The number of nitrogens with one attached hydrogen (secondary N) is 1. The number of hydrogen-bond acceptors (Lipinski definition) is 3. The normalized spacial score (nSPS) is 17.5. The summed E-state index contributed by atoms with van der Waals surface area (Å²) in [7, 11) is 1.92. The summed E-state index contributed by atoms with van der Waals surface area (Å²) in [6, 6.07) is 8.95. The van der Waals surface area contributed by atoms with E-state index in [4.69, 9.17) is 4.74 Å². The van der Waals surface area contributed by atoms with E-state index in [2.05, 4.69) is 35.5 Å². The predicted molar refractivity (Wildman–Crippen MR) is 83.3 cm³/mol. The molecule has 1 aliphatic carbocycles. The van der Waals surface area contributed by atoms with Crippen molar-refractivity contribution in [1.82, 2.24) is 15.1 Å². The molecule has 1 aromatic heterocycles. The quantitative estimate of drug-likeness (QED) is 0.918. The second-order valence-electron chi connectivity index (χ2n) is 5.63. The summed E-state index contributed by atoms with van der Waals surface area (Å²) in [4.78, 5) is 0. The lowest BCUT2D eigenvalue weighted by molar-refractivity contribution is 0.299. The smallest absolute Gasteiger partial charge is 0.132 e. The van der Waals surface area contributed by atoms with Gasteiger partial charge < -0.3 is 10.1 Å². The number of fused-ring (bicyclic) bond motifs is 1. The zero-order valence-corrected chi connectivity index (χ0v) is 12.8. The fourth-order valence-electron chi connectivity index (χ4n) is 3.02. The zero-order chi connectivity index (χ0) is 14.7. The van der Waals surface area contributed by atoms with Crippen molar-refractivity contribution in [3.05, 3.63) is 47.3 Å². The first-order valence-corrected chi connectivity index (χ1v) is 7.74.